The molecule has 1 heterocycles. The Morgan fingerprint density at radius 2 is 1.94 bits per heavy atom. The van der Waals surface area contributed by atoms with Gasteiger partial charge in [-0.05, 0) is 24.1 Å². The lowest BCUT2D eigenvalue weighted by Crippen LogP contribution is -2.38. The van der Waals surface area contributed by atoms with Crippen LogP contribution in [0.1, 0.15) is 18.9 Å². The Kier molecular flexibility index (Phi) is 8.58. The lowest BCUT2D eigenvalue weighted by Gasteiger charge is -2.22. The van der Waals surface area contributed by atoms with Crippen molar-refractivity contribution in [1.29, 1.82) is 0 Å². The molecule has 1 aliphatic rings. The third-order valence-corrected chi connectivity index (χ3v) is 7.27. The predicted octanol–water partition coefficient (Wildman–Crippen LogP) is 1.68. The molecule has 0 radical (unpaired) electrons. The van der Waals surface area contributed by atoms with E-state index in [0.29, 0.717) is 12.0 Å². The van der Waals surface area contributed by atoms with Gasteiger partial charge in [0.1, 0.15) is 6.61 Å². The minimum Gasteiger partial charge on any atom is -0.445 e. The molecule has 1 aromatic rings. The number of rotatable bonds is 8. The molecule has 0 aliphatic carbocycles. The number of hydrogen-bond donors (Lipinski definition) is 0. The molecule has 0 N–H and O–H groups in total. The number of carbonyl (C=O) groups is 2. The topological polar surface area (TPSA) is 143 Å². The molecule has 14 heteroatoms. The fourth-order valence-electron chi connectivity index (χ4n) is 2.91. The lowest BCUT2D eigenvalue weighted by molar-refractivity contribution is -0.384. The van der Waals surface area contributed by atoms with Gasteiger partial charge in [-0.1, -0.05) is 11.8 Å². The van der Waals surface area contributed by atoms with Crippen LogP contribution in [0.15, 0.2) is 29.4 Å². The molecule has 0 spiro atoms. The summed E-state index contributed by atoms with van der Waals surface area (Å²) in [6, 6.07) is 5.04. The number of nitrogens with zero attached hydrogens (tertiary/aromatic N) is 5. The van der Waals surface area contributed by atoms with Crippen LogP contribution in [0.5, 0.6) is 0 Å². The summed E-state index contributed by atoms with van der Waals surface area (Å²) in [5.41, 5.74) is 0.497. The smallest absolute Gasteiger partial charge is 0.410 e. The fourth-order valence-corrected chi connectivity index (χ4v) is 4.55. The largest absolute Gasteiger partial charge is 0.445 e. The molecule has 0 unspecified atom stereocenters. The third kappa shape index (κ3) is 6.64. The number of nitro groups is 1. The molecular formula is C18H25N5O7S2. The van der Waals surface area contributed by atoms with E-state index in [0.717, 1.165) is 20.5 Å². The van der Waals surface area contributed by atoms with Crippen LogP contribution < -0.4 is 0 Å². The normalized spacial score (nSPS) is 18.8. The van der Waals surface area contributed by atoms with Gasteiger partial charge in [-0.3, -0.25) is 19.8 Å². The van der Waals surface area contributed by atoms with Crippen LogP contribution in [0.2, 0.25) is 0 Å². The minimum atomic E-state index is -3.77. The average Bonchev–Trinajstić information content (AvgIpc) is 3.12. The number of hydrogen-bond acceptors (Lipinski definition) is 9. The molecule has 2 atom stereocenters. The Bertz CT molecular complexity index is 982. The van der Waals surface area contributed by atoms with Gasteiger partial charge in [-0.15, -0.1) is 0 Å². The van der Waals surface area contributed by atoms with Gasteiger partial charge >= 0.3 is 16.3 Å². The van der Waals surface area contributed by atoms with Gasteiger partial charge in [-0.25, -0.2) is 4.79 Å². The molecule has 2 rings (SSSR count). The lowest BCUT2D eigenvalue weighted by atomic mass is 10.2. The summed E-state index contributed by atoms with van der Waals surface area (Å²) < 4.78 is 31.4. The number of non-ortho nitro benzene ring substituents is 1. The molecule has 12 nitrogen and oxygen atoms in total. The number of thioether (sulfide) groups is 1. The van der Waals surface area contributed by atoms with Crippen molar-refractivity contribution in [3.05, 3.63) is 39.9 Å². The minimum absolute atomic E-state index is 0.0724. The van der Waals surface area contributed by atoms with E-state index in [9.17, 15) is 28.1 Å². The van der Waals surface area contributed by atoms with Crippen molar-refractivity contribution in [3.8, 4) is 0 Å². The van der Waals surface area contributed by atoms with Crippen LogP contribution in [-0.4, -0.2) is 83.4 Å². The Hall–Kier alpha value is -2.71. The zero-order valence-corrected chi connectivity index (χ0v) is 19.7. The number of carbonyl (C=O) groups excluding carboxylic acids is 2. The van der Waals surface area contributed by atoms with Crippen LogP contribution in [0, 0.1) is 10.1 Å². The van der Waals surface area contributed by atoms with Crippen LogP contribution in [0.4, 0.5) is 10.5 Å². The van der Waals surface area contributed by atoms with Crippen molar-refractivity contribution in [3.63, 3.8) is 0 Å². The van der Waals surface area contributed by atoms with Gasteiger partial charge in [-0.2, -0.15) is 22.2 Å². The highest BCUT2D eigenvalue weighted by molar-refractivity contribution is 8.14. The first-order chi connectivity index (χ1) is 14.9. The maximum atomic E-state index is 12.7. The molecule has 1 aromatic carbocycles. The van der Waals surface area contributed by atoms with E-state index in [-0.39, 0.29) is 29.2 Å². The van der Waals surface area contributed by atoms with Crippen molar-refractivity contribution in [2.75, 3.05) is 27.7 Å². The SMILES string of the molecule is CC(=O)S[C@H]1C[C@@H](C=NN(C)S(=O)(=O)N(C)C)N(C(=O)OCc2ccc([N+](=O)[O-])cc2)C1. The van der Waals surface area contributed by atoms with Crippen LogP contribution in [0.25, 0.3) is 0 Å². The molecule has 176 valence electrons. The Morgan fingerprint density at radius 3 is 2.47 bits per heavy atom. The maximum Gasteiger partial charge on any atom is 0.410 e. The second kappa shape index (κ2) is 10.7. The van der Waals surface area contributed by atoms with Gasteiger partial charge in [0.05, 0.1) is 11.0 Å². The molecule has 1 saturated heterocycles. The van der Waals surface area contributed by atoms with E-state index >= 15 is 0 Å². The number of benzene rings is 1. The van der Waals surface area contributed by atoms with Crippen LogP contribution in [-0.2, 0) is 26.3 Å². The van der Waals surface area contributed by atoms with Crippen molar-refractivity contribution >= 4 is 45.1 Å². The third-order valence-electron chi connectivity index (χ3n) is 4.58. The van der Waals surface area contributed by atoms with Crippen LogP contribution in [0.3, 0.4) is 0 Å². The molecule has 1 aliphatic heterocycles. The monoisotopic (exact) mass is 487 g/mol. The summed E-state index contributed by atoms with van der Waals surface area (Å²) in [6.07, 6.45) is 1.08. The second-order valence-electron chi connectivity index (χ2n) is 7.15. The van der Waals surface area contributed by atoms with E-state index < -0.39 is 27.3 Å². The molecule has 0 bridgehead atoms. The molecule has 0 saturated carbocycles. The second-order valence-corrected chi connectivity index (χ2v) is 10.8. The number of ether oxygens (including phenoxy) is 1. The zero-order valence-electron chi connectivity index (χ0n) is 18.1. The van der Waals surface area contributed by atoms with Crippen molar-refractivity contribution in [1.82, 2.24) is 13.6 Å². The Morgan fingerprint density at radius 1 is 1.31 bits per heavy atom. The Labute approximate surface area is 190 Å². The number of amides is 1. The molecular weight excluding hydrogens is 462 g/mol. The average molecular weight is 488 g/mol. The predicted molar refractivity (Wildman–Crippen MR) is 119 cm³/mol. The van der Waals surface area contributed by atoms with E-state index in [1.807, 2.05) is 0 Å². The van der Waals surface area contributed by atoms with Crippen LogP contribution >= 0.6 is 11.8 Å². The molecule has 1 fully saturated rings. The highest BCUT2D eigenvalue weighted by Crippen LogP contribution is 2.28. The molecule has 0 aromatic heterocycles. The number of likely N-dealkylation sites (tertiary alicyclic amines) is 1. The van der Waals surface area contributed by atoms with E-state index in [1.54, 1.807) is 0 Å². The summed E-state index contributed by atoms with van der Waals surface area (Å²) >= 11 is 1.10. The van der Waals surface area contributed by atoms with Gasteiger partial charge in [0.2, 0.25) is 0 Å². The summed E-state index contributed by atoms with van der Waals surface area (Å²) in [6.45, 7) is 1.56. The van der Waals surface area contributed by atoms with Crippen molar-refractivity contribution < 1.29 is 27.7 Å². The summed E-state index contributed by atoms with van der Waals surface area (Å²) in [5, 5.41) is 14.4. The summed E-state index contributed by atoms with van der Waals surface area (Å²) in [5.74, 6) is 0. The first kappa shape index (κ1) is 25.5. The molecule has 1 amide bonds. The van der Waals surface area contributed by atoms with Crippen molar-refractivity contribution in [2.24, 2.45) is 5.10 Å². The zero-order chi connectivity index (χ0) is 24.1. The Balaban J connectivity index is 2.10. The van der Waals surface area contributed by atoms with Gasteiger partial charge in [0.25, 0.3) is 5.69 Å². The van der Waals surface area contributed by atoms with Gasteiger partial charge < -0.3 is 4.74 Å². The van der Waals surface area contributed by atoms with Crippen molar-refractivity contribution in [2.45, 2.75) is 31.2 Å². The first-order valence-corrected chi connectivity index (χ1v) is 11.7. The van der Waals surface area contributed by atoms with Gasteiger partial charge in [0.15, 0.2) is 5.12 Å². The summed E-state index contributed by atoms with van der Waals surface area (Å²) in [7, 11) is 0.256. The standard InChI is InChI=1S/C18H25N5O7S2/c1-13(24)31-17-9-16(10-19-21(4)32(28,29)20(2)3)22(11-17)18(25)30-12-14-5-7-15(8-6-14)23(26)27/h5-8,10,16-17H,9,11-12H2,1-4H3/t16-,17-/m0/s1. The van der Waals surface area contributed by atoms with E-state index in [2.05, 4.69) is 5.10 Å². The number of hydrazone groups is 1. The first-order valence-electron chi connectivity index (χ1n) is 9.46. The van der Waals surface area contributed by atoms with Gasteiger partial charge in [0, 0.05) is 58.2 Å². The van der Waals surface area contributed by atoms with E-state index in [4.69, 9.17) is 4.74 Å². The maximum absolute atomic E-state index is 12.7. The fraction of sp³-hybridized carbons (Fsp3) is 0.500. The molecule has 32 heavy (non-hydrogen) atoms. The number of nitro benzene ring substituents is 1. The highest BCUT2D eigenvalue weighted by Gasteiger charge is 2.36. The highest BCUT2D eigenvalue weighted by atomic mass is 32.2. The summed E-state index contributed by atoms with van der Waals surface area (Å²) in [4.78, 5) is 35.8. The quantitative estimate of drug-likeness (QED) is 0.306. The van der Waals surface area contributed by atoms with E-state index in [1.165, 1.54) is 63.4 Å².